The van der Waals surface area contributed by atoms with E-state index in [4.69, 9.17) is 0 Å². The molecule has 0 aromatic carbocycles. The largest absolute Gasteiger partial charge is 0.272 e. The summed E-state index contributed by atoms with van der Waals surface area (Å²) in [6.45, 7) is 2.03. The number of nitrogens with zero attached hydrogens (tertiary/aromatic N) is 1. The second kappa shape index (κ2) is 2.98. The quantitative estimate of drug-likeness (QED) is 0.608. The fourth-order valence-electron chi connectivity index (χ4n) is 1.95. The number of hydrogen-bond acceptors (Lipinski definition) is 2. The maximum absolute atomic E-state index is 11.3. The molecule has 1 aliphatic heterocycles. The molecule has 2 amide bonds. The Kier molecular flexibility index (Phi) is 1.94. The zero-order valence-electron chi connectivity index (χ0n) is 7.69. The van der Waals surface area contributed by atoms with Gasteiger partial charge < -0.3 is 0 Å². The molecule has 1 aliphatic carbocycles. The molecule has 1 unspecified atom stereocenters. The molecular weight excluding hydrogens is 166 g/mol. The average molecular weight is 179 g/mol. The Hall–Kier alpha value is -1.12. The number of amides is 2. The second-order valence-corrected chi connectivity index (χ2v) is 3.69. The molecule has 13 heavy (non-hydrogen) atoms. The Morgan fingerprint density at radius 3 is 2.31 bits per heavy atom. The second-order valence-electron chi connectivity index (χ2n) is 3.69. The van der Waals surface area contributed by atoms with Gasteiger partial charge in [0.2, 0.25) is 0 Å². The summed E-state index contributed by atoms with van der Waals surface area (Å²) < 4.78 is 0. The molecule has 0 radical (unpaired) electrons. The van der Waals surface area contributed by atoms with Gasteiger partial charge in [-0.2, -0.15) is 0 Å². The van der Waals surface area contributed by atoms with Crippen molar-refractivity contribution >= 4 is 11.8 Å². The van der Waals surface area contributed by atoms with Crippen molar-refractivity contribution in [3.05, 3.63) is 12.2 Å². The highest BCUT2D eigenvalue weighted by Gasteiger charge is 2.39. The smallest absolute Gasteiger partial charge is 0.253 e. The zero-order chi connectivity index (χ0) is 9.42. The fraction of sp³-hybridized carbons (Fsp3) is 0.600. The molecule has 1 fully saturated rings. The minimum atomic E-state index is -0.135. The summed E-state index contributed by atoms with van der Waals surface area (Å²) in [7, 11) is 0. The lowest BCUT2D eigenvalue weighted by atomic mass is 10.1. The lowest BCUT2D eigenvalue weighted by Gasteiger charge is -2.24. The third-order valence-electron chi connectivity index (χ3n) is 2.76. The Morgan fingerprint density at radius 2 is 1.92 bits per heavy atom. The van der Waals surface area contributed by atoms with Crippen LogP contribution >= 0.6 is 0 Å². The summed E-state index contributed by atoms with van der Waals surface area (Å²) in [5, 5.41) is 0. The van der Waals surface area contributed by atoms with Gasteiger partial charge in [0, 0.05) is 18.2 Å². The molecule has 2 rings (SSSR count). The van der Waals surface area contributed by atoms with E-state index < -0.39 is 0 Å². The van der Waals surface area contributed by atoms with E-state index in [0.717, 1.165) is 19.3 Å². The van der Waals surface area contributed by atoms with Gasteiger partial charge in [-0.25, -0.2) is 0 Å². The van der Waals surface area contributed by atoms with E-state index in [1.165, 1.54) is 17.1 Å². The zero-order valence-corrected chi connectivity index (χ0v) is 7.69. The highest BCUT2D eigenvalue weighted by molar-refractivity contribution is 6.13. The third-order valence-corrected chi connectivity index (χ3v) is 2.76. The Bertz CT molecular complexity index is 261. The predicted molar refractivity (Wildman–Crippen MR) is 47.8 cm³/mol. The summed E-state index contributed by atoms with van der Waals surface area (Å²) in [4.78, 5) is 24.1. The molecular formula is C10H13NO2. The van der Waals surface area contributed by atoms with Gasteiger partial charge >= 0.3 is 0 Å². The fourth-order valence-corrected chi connectivity index (χ4v) is 1.95. The molecule has 0 spiro atoms. The van der Waals surface area contributed by atoms with E-state index in [1.54, 1.807) is 0 Å². The summed E-state index contributed by atoms with van der Waals surface area (Å²) in [5.74, 6) is 0.297. The normalized spacial score (nSPS) is 24.2. The molecule has 2 aliphatic rings. The topological polar surface area (TPSA) is 37.4 Å². The molecule has 0 aromatic heterocycles. The number of hydrogen-bond donors (Lipinski definition) is 0. The van der Waals surface area contributed by atoms with Crippen molar-refractivity contribution in [2.24, 2.45) is 5.92 Å². The number of carbonyl (C=O) groups is 2. The first-order valence-corrected chi connectivity index (χ1v) is 4.79. The van der Waals surface area contributed by atoms with Crippen molar-refractivity contribution in [2.75, 3.05) is 0 Å². The molecule has 1 heterocycles. The highest BCUT2D eigenvalue weighted by Crippen LogP contribution is 2.37. The monoisotopic (exact) mass is 179 g/mol. The van der Waals surface area contributed by atoms with Crippen LogP contribution < -0.4 is 0 Å². The Balaban J connectivity index is 2.13. The van der Waals surface area contributed by atoms with Gasteiger partial charge in [-0.1, -0.05) is 6.92 Å². The van der Waals surface area contributed by atoms with Crippen LogP contribution in [0.1, 0.15) is 26.2 Å². The van der Waals surface area contributed by atoms with Crippen molar-refractivity contribution in [2.45, 2.75) is 32.2 Å². The lowest BCUT2D eigenvalue weighted by Crippen LogP contribution is -2.40. The SMILES string of the molecule is CCC(C1CC1)N1C(=O)C=CC1=O. The summed E-state index contributed by atoms with van der Waals surface area (Å²) in [6, 6.07) is 0.148. The van der Waals surface area contributed by atoms with Gasteiger partial charge in [-0.05, 0) is 25.2 Å². The first-order valence-electron chi connectivity index (χ1n) is 4.79. The average Bonchev–Trinajstić information content (AvgIpc) is 2.88. The van der Waals surface area contributed by atoms with Crippen molar-refractivity contribution < 1.29 is 9.59 Å². The maximum Gasteiger partial charge on any atom is 0.253 e. The summed E-state index contributed by atoms with van der Waals surface area (Å²) in [6.07, 6.45) is 5.94. The van der Waals surface area contributed by atoms with E-state index in [2.05, 4.69) is 0 Å². The van der Waals surface area contributed by atoms with Crippen LogP contribution in [0.15, 0.2) is 12.2 Å². The van der Waals surface area contributed by atoms with E-state index >= 15 is 0 Å². The van der Waals surface area contributed by atoms with Crippen LogP contribution in [-0.4, -0.2) is 22.8 Å². The van der Waals surface area contributed by atoms with Crippen LogP contribution in [0.5, 0.6) is 0 Å². The molecule has 0 aromatic rings. The summed E-state index contributed by atoms with van der Waals surface area (Å²) >= 11 is 0. The predicted octanol–water partition coefficient (Wildman–Crippen LogP) is 1.10. The van der Waals surface area contributed by atoms with Crippen LogP contribution in [0.2, 0.25) is 0 Å². The molecule has 0 bridgehead atoms. The van der Waals surface area contributed by atoms with Crippen molar-refractivity contribution in [1.29, 1.82) is 0 Å². The number of imide groups is 1. The van der Waals surface area contributed by atoms with Crippen LogP contribution in [-0.2, 0) is 9.59 Å². The minimum absolute atomic E-state index is 0.135. The number of rotatable bonds is 3. The Morgan fingerprint density at radius 1 is 1.38 bits per heavy atom. The van der Waals surface area contributed by atoms with Gasteiger partial charge in [0.15, 0.2) is 0 Å². The van der Waals surface area contributed by atoms with Crippen molar-refractivity contribution in [1.82, 2.24) is 4.90 Å². The van der Waals surface area contributed by atoms with Crippen LogP contribution in [0.3, 0.4) is 0 Å². The number of carbonyl (C=O) groups excluding carboxylic acids is 2. The first kappa shape index (κ1) is 8.48. The minimum Gasteiger partial charge on any atom is -0.272 e. The highest BCUT2D eigenvalue weighted by atomic mass is 16.2. The molecule has 3 heteroatoms. The van der Waals surface area contributed by atoms with Gasteiger partial charge in [0.25, 0.3) is 11.8 Å². The van der Waals surface area contributed by atoms with E-state index in [1.807, 2.05) is 6.92 Å². The standard InChI is InChI=1S/C10H13NO2/c1-2-8(7-3-4-7)11-9(12)5-6-10(11)13/h5-8H,2-4H2,1H3. The van der Waals surface area contributed by atoms with E-state index in [-0.39, 0.29) is 17.9 Å². The molecule has 0 N–H and O–H groups in total. The lowest BCUT2D eigenvalue weighted by molar-refractivity contribution is -0.140. The van der Waals surface area contributed by atoms with Crippen LogP contribution in [0, 0.1) is 5.92 Å². The molecule has 3 nitrogen and oxygen atoms in total. The van der Waals surface area contributed by atoms with Crippen molar-refractivity contribution in [3.8, 4) is 0 Å². The summed E-state index contributed by atoms with van der Waals surface area (Å²) in [5.41, 5.74) is 0. The molecule has 1 atom stereocenters. The van der Waals surface area contributed by atoms with Crippen LogP contribution in [0.25, 0.3) is 0 Å². The molecule has 1 saturated carbocycles. The van der Waals surface area contributed by atoms with Gasteiger partial charge in [0.05, 0.1) is 0 Å². The third kappa shape index (κ3) is 1.39. The molecule has 70 valence electrons. The maximum atomic E-state index is 11.3. The van der Waals surface area contributed by atoms with Gasteiger partial charge in [-0.3, -0.25) is 14.5 Å². The Labute approximate surface area is 77.4 Å². The van der Waals surface area contributed by atoms with Gasteiger partial charge in [-0.15, -0.1) is 0 Å². The first-order chi connectivity index (χ1) is 6.24. The van der Waals surface area contributed by atoms with Gasteiger partial charge in [0.1, 0.15) is 0 Å². The van der Waals surface area contributed by atoms with Crippen molar-refractivity contribution in [3.63, 3.8) is 0 Å². The van der Waals surface area contributed by atoms with E-state index in [0.29, 0.717) is 5.92 Å². The van der Waals surface area contributed by atoms with Crippen LogP contribution in [0.4, 0.5) is 0 Å². The molecule has 0 saturated heterocycles. The van der Waals surface area contributed by atoms with E-state index in [9.17, 15) is 9.59 Å².